The van der Waals surface area contributed by atoms with Gasteiger partial charge in [0.25, 0.3) is 0 Å². The van der Waals surface area contributed by atoms with Gasteiger partial charge in [-0.3, -0.25) is 0 Å². The quantitative estimate of drug-likeness (QED) is 0.786. The summed E-state index contributed by atoms with van der Waals surface area (Å²) in [6.07, 6.45) is -0.489. The number of thiophene rings is 1. The average Bonchev–Trinajstić information content (AvgIpc) is 2.91. The predicted molar refractivity (Wildman–Crippen MR) is 87.6 cm³/mol. The molecule has 0 fully saturated rings. The molecule has 2 atom stereocenters. The van der Waals surface area contributed by atoms with Gasteiger partial charge in [0.1, 0.15) is 0 Å². The van der Waals surface area contributed by atoms with Gasteiger partial charge in [-0.1, -0.05) is 30.3 Å². The molecule has 0 aliphatic rings. The third kappa shape index (κ3) is 5.25. The molecule has 0 saturated heterocycles. The fourth-order valence-electron chi connectivity index (χ4n) is 2.07. The van der Waals surface area contributed by atoms with Crippen LogP contribution in [-0.4, -0.2) is 24.4 Å². The predicted octanol–water partition coefficient (Wildman–Crippen LogP) is 3.28. The lowest BCUT2D eigenvalue weighted by Crippen LogP contribution is -2.30. The summed E-state index contributed by atoms with van der Waals surface area (Å²) < 4.78 is 5.71. The molecule has 4 heteroatoms. The molecule has 0 spiro atoms. The standard InChI is InChI=1S/C17H23NO2S/c1-13-8-9-21-17(13)11-18-10-16(19)12-20-14(2)15-6-4-3-5-7-15/h3-9,14,16,18-19H,10-12H2,1-2H3. The zero-order chi connectivity index (χ0) is 15.1. The Balaban J connectivity index is 1.65. The molecule has 0 radical (unpaired) electrons. The van der Waals surface area contributed by atoms with E-state index in [9.17, 15) is 5.11 Å². The van der Waals surface area contributed by atoms with Gasteiger partial charge in [-0.2, -0.15) is 0 Å². The number of hydrogen-bond acceptors (Lipinski definition) is 4. The Labute approximate surface area is 130 Å². The lowest BCUT2D eigenvalue weighted by atomic mass is 10.1. The number of aryl methyl sites for hydroxylation is 1. The molecule has 2 aromatic rings. The van der Waals surface area contributed by atoms with Crippen molar-refractivity contribution in [3.05, 3.63) is 57.8 Å². The van der Waals surface area contributed by atoms with Crippen LogP contribution in [0.1, 0.15) is 29.0 Å². The molecular weight excluding hydrogens is 282 g/mol. The van der Waals surface area contributed by atoms with Gasteiger partial charge in [-0.05, 0) is 36.4 Å². The normalized spacial score (nSPS) is 14.0. The van der Waals surface area contributed by atoms with Crippen molar-refractivity contribution < 1.29 is 9.84 Å². The largest absolute Gasteiger partial charge is 0.389 e. The molecule has 114 valence electrons. The van der Waals surface area contributed by atoms with E-state index in [2.05, 4.69) is 23.7 Å². The highest BCUT2D eigenvalue weighted by molar-refractivity contribution is 7.10. The first-order chi connectivity index (χ1) is 10.2. The second-order valence-electron chi connectivity index (χ2n) is 5.20. The SMILES string of the molecule is Cc1ccsc1CNCC(O)COC(C)c1ccccc1. The average molecular weight is 305 g/mol. The maximum Gasteiger partial charge on any atom is 0.0898 e. The molecule has 2 unspecified atom stereocenters. The number of ether oxygens (including phenoxy) is 1. The van der Waals surface area contributed by atoms with Crippen LogP contribution < -0.4 is 5.32 Å². The van der Waals surface area contributed by atoms with Crippen LogP contribution in [0.2, 0.25) is 0 Å². The molecule has 0 bridgehead atoms. The molecule has 1 heterocycles. The molecule has 1 aromatic heterocycles. The molecule has 2 N–H and O–H groups in total. The van der Waals surface area contributed by atoms with Crippen LogP contribution in [0.25, 0.3) is 0 Å². The Morgan fingerprint density at radius 2 is 2.00 bits per heavy atom. The van der Waals surface area contributed by atoms with Crippen molar-refractivity contribution in [2.45, 2.75) is 32.6 Å². The summed E-state index contributed by atoms with van der Waals surface area (Å²) in [7, 11) is 0. The number of aliphatic hydroxyl groups excluding tert-OH is 1. The van der Waals surface area contributed by atoms with Gasteiger partial charge in [-0.15, -0.1) is 11.3 Å². The summed E-state index contributed by atoms with van der Waals surface area (Å²) in [6, 6.07) is 12.2. The van der Waals surface area contributed by atoms with E-state index < -0.39 is 6.10 Å². The molecule has 0 aliphatic carbocycles. The van der Waals surface area contributed by atoms with Crippen molar-refractivity contribution in [3.63, 3.8) is 0 Å². The van der Waals surface area contributed by atoms with Crippen molar-refractivity contribution in [1.82, 2.24) is 5.32 Å². The second-order valence-corrected chi connectivity index (χ2v) is 6.20. The molecule has 3 nitrogen and oxygen atoms in total. The first-order valence-corrected chi connectivity index (χ1v) is 8.13. The summed E-state index contributed by atoms with van der Waals surface area (Å²) in [5.41, 5.74) is 2.43. The molecule has 0 amide bonds. The fraction of sp³-hybridized carbons (Fsp3) is 0.412. The van der Waals surface area contributed by atoms with Crippen LogP contribution in [0, 0.1) is 6.92 Å². The van der Waals surface area contributed by atoms with E-state index >= 15 is 0 Å². The lowest BCUT2D eigenvalue weighted by molar-refractivity contribution is -0.00210. The van der Waals surface area contributed by atoms with Gasteiger partial charge >= 0.3 is 0 Å². The number of hydrogen-bond donors (Lipinski definition) is 2. The monoisotopic (exact) mass is 305 g/mol. The Morgan fingerprint density at radius 1 is 1.24 bits per heavy atom. The fourth-order valence-corrected chi connectivity index (χ4v) is 2.95. The van der Waals surface area contributed by atoms with E-state index in [-0.39, 0.29) is 6.10 Å². The molecule has 1 aromatic carbocycles. The number of aliphatic hydroxyl groups is 1. The second kappa shape index (κ2) is 8.29. The van der Waals surface area contributed by atoms with Gasteiger partial charge in [-0.25, -0.2) is 0 Å². The minimum atomic E-state index is -0.489. The molecule has 0 saturated carbocycles. The zero-order valence-electron chi connectivity index (χ0n) is 12.6. The van der Waals surface area contributed by atoms with E-state index in [1.165, 1.54) is 10.4 Å². The van der Waals surface area contributed by atoms with Crippen molar-refractivity contribution in [3.8, 4) is 0 Å². The minimum Gasteiger partial charge on any atom is -0.389 e. The highest BCUT2D eigenvalue weighted by atomic mass is 32.1. The summed E-state index contributed by atoms with van der Waals surface area (Å²) in [5, 5.41) is 15.3. The van der Waals surface area contributed by atoms with Gasteiger partial charge in [0.15, 0.2) is 0 Å². The Morgan fingerprint density at radius 3 is 2.67 bits per heavy atom. The summed E-state index contributed by atoms with van der Waals surface area (Å²) in [6.45, 7) is 5.79. The topological polar surface area (TPSA) is 41.5 Å². The van der Waals surface area contributed by atoms with Crippen LogP contribution in [0.15, 0.2) is 41.8 Å². The molecule has 2 rings (SSSR count). The van der Waals surface area contributed by atoms with Crippen molar-refractivity contribution >= 4 is 11.3 Å². The van der Waals surface area contributed by atoms with E-state index in [1.54, 1.807) is 11.3 Å². The van der Waals surface area contributed by atoms with E-state index in [4.69, 9.17) is 4.74 Å². The maximum absolute atomic E-state index is 9.96. The van der Waals surface area contributed by atoms with Crippen LogP contribution in [0.4, 0.5) is 0 Å². The summed E-state index contributed by atoms with van der Waals surface area (Å²) in [5.74, 6) is 0. The van der Waals surface area contributed by atoms with Crippen molar-refractivity contribution in [2.24, 2.45) is 0 Å². The molecular formula is C17H23NO2S. The van der Waals surface area contributed by atoms with Gasteiger partial charge < -0.3 is 15.2 Å². The first-order valence-electron chi connectivity index (χ1n) is 7.25. The van der Waals surface area contributed by atoms with E-state index in [1.807, 2.05) is 37.3 Å². The number of benzene rings is 1. The van der Waals surface area contributed by atoms with Gasteiger partial charge in [0.05, 0.1) is 18.8 Å². The van der Waals surface area contributed by atoms with Crippen LogP contribution in [0.3, 0.4) is 0 Å². The van der Waals surface area contributed by atoms with Crippen LogP contribution in [0.5, 0.6) is 0 Å². The van der Waals surface area contributed by atoms with Gasteiger partial charge in [0.2, 0.25) is 0 Å². The van der Waals surface area contributed by atoms with Crippen LogP contribution >= 0.6 is 11.3 Å². The maximum atomic E-state index is 9.96. The Hall–Kier alpha value is -1.20. The minimum absolute atomic E-state index is 0.000361. The Bertz CT molecular complexity index is 527. The summed E-state index contributed by atoms with van der Waals surface area (Å²) >= 11 is 1.74. The first kappa shape index (κ1) is 16.2. The van der Waals surface area contributed by atoms with Crippen molar-refractivity contribution in [1.29, 1.82) is 0 Å². The van der Waals surface area contributed by atoms with Crippen molar-refractivity contribution in [2.75, 3.05) is 13.2 Å². The third-order valence-corrected chi connectivity index (χ3v) is 4.46. The zero-order valence-corrected chi connectivity index (χ0v) is 13.4. The lowest BCUT2D eigenvalue weighted by Gasteiger charge is -2.17. The number of nitrogens with one attached hydrogen (secondary N) is 1. The molecule has 21 heavy (non-hydrogen) atoms. The van der Waals surface area contributed by atoms with E-state index in [0.717, 1.165) is 12.1 Å². The molecule has 0 aliphatic heterocycles. The third-order valence-electron chi connectivity index (χ3n) is 3.44. The smallest absolute Gasteiger partial charge is 0.0898 e. The summed E-state index contributed by atoms with van der Waals surface area (Å²) in [4.78, 5) is 1.32. The Kier molecular flexibility index (Phi) is 6.39. The highest BCUT2D eigenvalue weighted by Crippen LogP contribution is 2.16. The van der Waals surface area contributed by atoms with E-state index in [0.29, 0.717) is 13.2 Å². The van der Waals surface area contributed by atoms with Crippen LogP contribution in [-0.2, 0) is 11.3 Å². The number of rotatable bonds is 8. The van der Waals surface area contributed by atoms with Gasteiger partial charge in [0, 0.05) is 18.0 Å². The highest BCUT2D eigenvalue weighted by Gasteiger charge is 2.09.